The van der Waals surface area contributed by atoms with E-state index in [9.17, 15) is 36.6 Å². The van der Waals surface area contributed by atoms with Crippen LogP contribution in [-0.2, 0) is 17.8 Å². The molecule has 0 amide bonds. The molecule has 0 radical (unpaired) electrons. The van der Waals surface area contributed by atoms with Crippen LogP contribution < -0.4 is 4.74 Å². The molecule has 0 unspecified atom stereocenters. The lowest BCUT2D eigenvalue weighted by Crippen LogP contribution is -2.34. The summed E-state index contributed by atoms with van der Waals surface area (Å²) in [7, 11) is 0. The highest BCUT2D eigenvalue weighted by molar-refractivity contribution is 5.93. The fourth-order valence-electron chi connectivity index (χ4n) is 4.72. The van der Waals surface area contributed by atoms with Crippen LogP contribution in [-0.4, -0.2) is 23.4 Å². The Morgan fingerprint density at radius 3 is 1.97 bits per heavy atom. The molecule has 1 atom stereocenters. The minimum atomic E-state index is -4.95. The van der Waals surface area contributed by atoms with Crippen molar-refractivity contribution < 1.29 is 41.3 Å². The molecule has 186 valence electrons. The molecule has 1 heterocycles. The van der Waals surface area contributed by atoms with E-state index < -0.39 is 28.9 Å². The summed E-state index contributed by atoms with van der Waals surface area (Å²) in [6.45, 7) is -0.207. The van der Waals surface area contributed by atoms with Crippen molar-refractivity contribution in [3.63, 3.8) is 0 Å². The van der Waals surface area contributed by atoms with Gasteiger partial charge in [0.25, 0.3) is 0 Å². The van der Waals surface area contributed by atoms with Crippen molar-refractivity contribution in [1.82, 2.24) is 0 Å². The first-order chi connectivity index (χ1) is 16.9. The number of aliphatic hydroxyl groups is 1. The van der Waals surface area contributed by atoms with Crippen LogP contribution in [0.15, 0.2) is 72.8 Å². The van der Waals surface area contributed by atoms with Crippen LogP contribution in [0.1, 0.15) is 22.3 Å². The number of hydrogen-bond donors (Lipinski definition) is 2. The zero-order valence-electron chi connectivity index (χ0n) is 18.4. The van der Waals surface area contributed by atoms with Crippen LogP contribution in [0.2, 0.25) is 0 Å². The van der Waals surface area contributed by atoms with E-state index in [1.165, 1.54) is 24.3 Å². The molecule has 5 rings (SSSR count). The summed E-state index contributed by atoms with van der Waals surface area (Å²) in [6, 6.07) is 15.7. The predicted octanol–water partition coefficient (Wildman–Crippen LogP) is 6.92. The molecule has 0 fully saturated rings. The Morgan fingerprint density at radius 2 is 1.39 bits per heavy atom. The Balaban J connectivity index is 1.68. The third-order valence-electron chi connectivity index (χ3n) is 6.55. The van der Waals surface area contributed by atoms with Crippen molar-refractivity contribution in [2.24, 2.45) is 0 Å². The van der Waals surface area contributed by atoms with Crippen molar-refractivity contribution >= 4 is 10.8 Å². The molecule has 3 nitrogen and oxygen atoms in total. The van der Waals surface area contributed by atoms with Gasteiger partial charge in [-0.05, 0) is 69.9 Å². The summed E-state index contributed by atoms with van der Waals surface area (Å²) in [6.07, 6.45) is -9.90. The number of aromatic hydroxyl groups is 1. The molecule has 36 heavy (non-hydrogen) atoms. The Kier molecular flexibility index (Phi) is 5.44. The monoisotopic (exact) mass is 504 g/mol. The molecule has 4 aromatic rings. The molecule has 9 heteroatoms. The third-order valence-corrected chi connectivity index (χ3v) is 6.55. The number of fused-ring (bicyclic) bond motifs is 3. The first-order valence-electron chi connectivity index (χ1n) is 10.8. The summed E-state index contributed by atoms with van der Waals surface area (Å²) >= 11 is 0. The lowest BCUT2D eigenvalue weighted by molar-refractivity contribution is -0.143. The minimum Gasteiger partial charge on any atom is -0.508 e. The van der Waals surface area contributed by atoms with Crippen LogP contribution >= 0.6 is 0 Å². The molecular formula is C27H18F6O3. The van der Waals surface area contributed by atoms with Crippen molar-refractivity contribution in [3.8, 4) is 22.6 Å². The van der Waals surface area contributed by atoms with Gasteiger partial charge in [-0.15, -0.1) is 0 Å². The topological polar surface area (TPSA) is 49.7 Å². The van der Waals surface area contributed by atoms with Gasteiger partial charge >= 0.3 is 12.4 Å². The van der Waals surface area contributed by atoms with E-state index in [-0.39, 0.29) is 36.2 Å². The molecule has 1 aliphatic rings. The molecule has 0 aliphatic carbocycles. The van der Waals surface area contributed by atoms with Crippen molar-refractivity contribution in [1.29, 1.82) is 0 Å². The highest BCUT2D eigenvalue weighted by Gasteiger charge is 2.43. The van der Waals surface area contributed by atoms with Crippen molar-refractivity contribution in [2.75, 3.05) is 13.2 Å². The van der Waals surface area contributed by atoms with Gasteiger partial charge in [0.1, 0.15) is 18.1 Å². The number of alkyl halides is 6. The molecule has 0 saturated heterocycles. The van der Waals surface area contributed by atoms with Crippen LogP contribution in [0.4, 0.5) is 26.3 Å². The minimum absolute atomic E-state index is 0.0489. The summed E-state index contributed by atoms with van der Waals surface area (Å²) in [5.74, 6) is 0.559. The molecule has 0 aromatic heterocycles. The van der Waals surface area contributed by atoms with E-state index in [2.05, 4.69) is 0 Å². The van der Waals surface area contributed by atoms with Crippen molar-refractivity contribution in [3.05, 3.63) is 95.1 Å². The van der Waals surface area contributed by atoms with Gasteiger partial charge in [-0.3, -0.25) is 0 Å². The summed E-state index contributed by atoms with van der Waals surface area (Å²) in [5.41, 5.74) is -2.45. The second kappa shape index (κ2) is 8.16. The standard InChI is InChI=1S/C27H18F6O3/c28-26(29,30)19-10-17(11-20(12-19)27(31,32)33)15-1-7-22-16(9-15)2-8-23-24(22)25(13-34,14-36-23)18-3-5-21(35)6-4-18/h1-12,34-35H,13-14H2/t25-/m1/s1. The zero-order valence-corrected chi connectivity index (χ0v) is 18.4. The lowest BCUT2D eigenvalue weighted by atomic mass is 9.75. The molecule has 0 bridgehead atoms. The number of benzene rings is 4. The summed E-state index contributed by atoms with van der Waals surface area (Å²) in [5, 5.41) is 21.3. The van der Waals surface area contributed by atoms with E-state index in [0.29, 0.717) is 39.8 Å². The molecule has 4 aromatic carbocycles. The summed E-state index contributed by atoms with van der Waals surface area (Å²) in [4.78, 5) is 0. The molecule has 0 saturated carbocycles. The van der Waals surface area contributed by atoms with Gasteiger partial charge in [-0.2, -0.15) is 26.3 Å². The van der Waals surface area contributed by atoms with Gasteiger partial charge in [0.05, 0.1) is 23.1 Å². The fourth-order valence-corrected chi connectivity index (χ4v) is 4.72. The van der Waals surface area contributed by atoms with Gasteiger partial charge in [-0.25, -0.2) is 0 Å². The Hall–Kier alpha value is -3.72. The normalized spacial score (nSPS) is 17.8. The quantitative estimate of drug-likeness (QED) is 0.298. The maximum Gasteiger partial charge on any atom is 0.416 e. The Labute approximate surface area is 201 Å². The first-order valence-corrected chi connectivity index (χ1v) is 10.8. The van der Waals surface area contributed by atoms with E-state index in [1.807, 2.05) is 0 Å². The average Bonchev–Trinajstić information content (AvgIpc) is 3.23. The lowest BCUT2D eigenvalue weighted by Gasteiger charge is -2.27. The largest absolute Gasteiger partial charge is 0.508 e. The maximum absolute atomic E-state index is 13.3. The Bertz CT molecular complexity index is 1430. The van der Waals surface area contributed by atoms with Gasteiger partial charge in [-0.1, -0.05) is 30.3 Å². The number of phenols is 1. The second-order valence-electron chi connectivity index (χ2n) is 8.74. The summed E-state index contributed by atoms with van der Waals surface area (Å²) < 4.78 is 85.9. The Morgan fingerprint density at radius 1 is 0.750 bits per heavy atom. The van der Waals surface area contributed by atoms with Crippen molar-refractivity contribution in [2.45, 2.75) is 17.8 Å². The SMILES string of the molecule is OC[C@]1(c2ccc(O)cc2)COc2ccc3cc(-c4cc(C(F)(F)F)cc(C(F)(F)F)c4)ccc3c21. The fraction of sp³-hybridized carbons (Fsp3) is 0.185. The van der Waals surface area contributed by atoms with Gasteiger partial charge in [0.2, 0.25) is 0 Å². The molecule has 0 spiro atoms. The van der Waals surface area contributed by atoms with E-state index >= 15 is 0 Å². The predicted molar refractivity (Wildman–Crippen MR) is 121 cm³/mol. The van der Waals surface area contributed by atoms with E-state index in [4.69, 9.17) is 4.74 Å². The highest BCUT2D eigenvalue weighted by Crippen LogP contribution is 2.48. The smallest absolute Gasteiger partial charge is 0.416 e. The van der Waals surface area contributed by atoms with Gasteiger partial charge < -0.3 is 14.9 Å². The zero-order chi connectivity index (χ0) is 25.9. The van der Waals surface area contributed by atoms with Crippen LogP contribution in [0.25, 0.3) is 21.9 Å². The van der Waals surface area contributed by atoms with Crippen LogP contribution in [0, 0.1) is 0 Å². The highest BCUT2D eigenvalue weighted by atomic mass is 19.4. The number of halogens is 6. The maximum atomic E-state index is 13.3. The van der Waals surface area contributed by atoms with Gasteiger partial charge in [0.15, 0.2) is 0 Å². The number of ether oxygens (including phenoxy) is 1. The number of hydrogen-bond acceptors (Lipinski definition) is 3. The van der Waals surface area contributed by atoms with E-state index in [1.54, 1.807) is 30.3 Å². The van der Waals surface area contributed by atoms with Crippen LogP contribution in [0.5, 0.6) is 11.5 Å². The molecule has 2 N–H and O–H groups in total. The average molecular weight is 504 g/mol. The molecular weight excluding hydrogens is 486 g/mol. The second-order valence-corrected chi connectivity index (χ2v) is 8.74. The number of phenolic OH excluding ortho intramolecular Hbond substituents is 1. The molecule has 1 aliphatic heterocycles. The third kappa shape index (κ3) is 3.93. The number of rotatable bonds is 3. The first kappa shape index (κ1) is 24.0. The van der Waals surface area contributed by atoms with Gasteiger partial charge in [0, 0.05) is 5.56 Å². The van der Waals surface area contributed by atoms with E-state index in [0.717, 1.165) is 0 Å². The van der Waals surface area contributed by atoms with Crippen LogP contribution in [0.3, 0.4) is 0 Å². The number of aliphatic hydroxyl groups excluding tert-OH is 1.